The van der Waals surface area contributed by atoms with Crippen molar-refractivity contribution in [2.45, 2.75) is 16.2 Å². The average molecular weight is 336 g/mol. The van der Waals surface area contributed by atoms with E-state index in [1.54, 1.807) is 11.8 Å². The molecule has 0 heterocycles. The van der Waals surface area contributed by atoms with Gasteiger partial charge in [-0.1, -0.05) is 28.7 Å². The predicted molar refractivity (Wildman–Crippen MR) is 71.9 cm³/mol. The molecule has 1 aromatic carbocycles. The Hall–Kier alpha value is -0.230. The number of thioether (sulfide) groups is 1. The molecule has 0 atom stereocenters. The van der Waals surface area contributed by atoms with E-state index in [2.05, 4.69) is 22.6 Å². The molecule has 1 aromatic rings. The zero-order chi connectivity index (χ0) is 11.3. The van der Waals surface area contributed by atoms with E-state index in [1.165, 1.54) is 0 Å². The van der Waals surface area contributed by atoms with E-state index < -0.39 is 0 Å². The third kappa shape index (κ3) is 3.38. The van der Waals surface area contributed by atoms with Gasteiger partial charge in [0.15, 0.2) is 0 Å². The van der Waals surface area contributed by atoms with E-state index in [0.717, 1.165) is 14.9 Å². The van der Waals surface area contributed by atoms with Crippen LogP contribution in [0.1, 0.15) is 22.8 Å². The number of hydrogen-bond acceptors (Lipinski definition) is 3. The first kappa shape index (κ1) is 12.8. The predicted octanol–water partition coefficient (Wildman–Crippen LogP) is 3.52. The molecule has 15 heavy (non-hydrogen) atoms. The molecule has 0 radical (unpaired) electrons. The van der Waals surface area contributed by atoms with Crippen LogP contribution in [0.5, 0.6) is 0 Å². The average Bonchev–Trinajstić information content (AvgIpc) is 2.28. The molecular weight excluding hydrogens is 323 g/mol. The van der Waals surface area contributed by atoms with Gasteiger partial charge in [0.25, 0.3) is 0 Å². The zero-order valence-corrected chi connectivity index (χ0v) is 11.7. The summed E-state index contributed by atoms with van der Waals surface area (Å²) in [5.41, 5.74) is 1.83. The molecule has 1 rings (SSSR count). The lowest BCUT2D eigenvalue weighted by molar-refractivity contribution is 0.0522. The van der Waals surface area contributed by atoms with Crippen LogP contribution in [0.2, 0.25) is 0 Å². The van der Waals surface area contributed by atoms with Crippen LogP contribution < -0.4 is 0 Å². The molecule has 82 valence electrons. The summed E-state index contributed by atoms with van der Waals surface area (Å²) in [5.74, 6) is -0.228. The Morgan fingerprint density at radius 3 is 2.80 bits per heavy atom. The molecule has 0 aromatic heterocycles. The summed E-state index contributed by atoms with van der Waals surface area (Å²) in [7, 11) is 0. The van der Waals surface area contributed by atoms with Crippen LogP contribution in [-0.4, -0.2) is 18.8 Å². The second-order valence-corrected chi connectivity index (χ2v) is 4.50. The van der Waals surface area contributed by atoms with Crippen molar-refractivity contribution in [3.63, 3.8) is 0 Å². The van der Waals surface area contributed by atoms with Crippen molar-refractivity contribution in [1.29, 1.82) is 0 Å². The number of alkyl halides is 1. The van der Waals surface area contributed by atoms with Crippen molar-refractivity contribution in [3.8, 4) is 0 Å². The van der Waals surface area contributed by atoms with Gasteiger partial charge in [-0.2, -0.15) is 0 Å². The molecule has 0 N–H and O–H groups in total. The smallest absolute Gasteiger partial charge is 0.339 e. The maximum absolute atomic E-state index is 11.7. The van der Waals surface area contributed by atoms with E-state index >= 15 is 0 Å². The molecule has 2 nitrogen and oxygen atoms in total. The summed E-state index contributed by atoms with van der Waals surface area (Å²) < 4.78 is 5.92. The molecule has 0 saturated carbocycles. The van der Waals surface area contributed by atoms with Gasteiger partial charge in [0, 0.05) is 9.32 Å². The first-order valence-corrected chi connectivity index (χ1v) is 7.38. The minimum atomic E-state index is -0.228. The van der Waals surface area contributed by atoms with E-state index in [4.69, 9.17) is 4.74 Å². The van der Waals surface area contributed by atoms with Gasteiger partial charge in [0.1, 0.15) is 0 Å². The molecule has 0 spiro atoms. The minimum absolute atomic E-state index is 0.228. The van der Waals surface area contributed by atoms with E-state index in [1.807, 2.05) is 31.4 Å². The number of halogens is 1. The maximum atomic E-state index is 11.7. The standard InChI is InChI=1S/C11H13IO2S/c1-3-14-11(13)9-6-8(7-12)4-5-10(9)15-2/h4-6H,3,7H2,1-2H3. The van der Waals surface area contributed by atoms with Crippen molar-refractivity contribution < 1.29 is 9.53 Å². The number of rotatable bonds is 4. The lowest BCUT2D eigenvalue weighted by Gasteiger charge is -2.08. The van der Waals surface area contributed by atoms with E-state index in [9.17, 15) is 4.79 Å². The number of ether oxygens (including phenoxy) is 1. The third-order valence-corrected chi connectivity index (χ3v) is 3.59. The normalized spacial score (nSPS) is 10.1. The highest BCUT2D eigenvalue weighted by molar-refractivity contribution is 14.1. The summed E-state index contributed by atoms with van der Waals surface area (Å²) in [5, 5.41) is 0. The van der Waals surface area contributed by atoms with Crippen LogP contribution in [0.25, 0.3) is 0 Å². The van der Waals surface area contributed by atoms with E-state index in [0.29, 0.717) is 12.2 Å². The molecule has 0 fully saturated rings. The van der Waals surface area contributed by atoms with Gasteiger partial charge in [0.2, 0.25) is 0 Å². The zero-order valence-electron chi connectivity index (χ0n) is 8.75. The lowest BCUT2D eigenvalue weighted by Crippen LogP contribution is -2.06. The van der Waals surface area contributed by atoms with Gasteiger partial charge < -0.3 is 4.74 Å². The molecule has 0 saturated heterocycles. The van der Waals surface area contributed by atoms with Gasteiger partial charge in [-0.05, 0) is 30.9 Å². The van der Waals surface area contributed by atoms with Crippen molar-refractivity contribution in [2.24, 2.45) is 0 Å². The van der Waals surface area contributed by atoms with E-state index in [-0.39, 0.29) is 5.97 Å². The number of hydrogen-bond donors (Lipinski definition) is 0. The first-order valence-electron chi connectivity index (χ1n) is 4.63. The Balaban J connectivity index is 3.05. The highest BCUT2D eigenvalue weighted by atomic mass is 127. The van der Waals surface area contributed by atoms with Crippen molar-refractivity contribution in [3.05, 3.63) is 29.3 Å². The van der Waals surface area contributed by atoms with Gasteiger partial charge in [-0.3, -0.25) is 0 Å². The van der Waals surface area contributed by atoms with Gasteiger partial charge >= 0.3 is 5.97 Å². The summed E-state index contributed by atoms with van der Waals surface area (Å²) >= 11 is 3.85. The molecular formula is C11H13IO2S. The molecule has 0 aliphatic rings. The summed E-state index contributed by atoms with van der Waals surface area (Å²) in [4.78, 5) is 12.6. The SMILES string of the molecule is CCOC(=O)c1cc(CI)ccc1SC. The van der Waals surface area contributed by atoms with Crippen molar-refractivity contribution in [2.75, 3.05) is 12.9 Å². The topological polar surface area (TPSA) is 26.3 Å². The number of benzene rings is 1. The molecule has 4 heteroatoms. The Labute approximate surface area is 108 Å². The molecule has 0 aliphatic carbocycles. The number of carbonyl (C=O) groups excluding carboxylic acids is 1. The third-order valence-electron chi connectivity index (χ3n) is 1.91. The Morgan fingerprint density at radius 2 is 2.27 bits per heavy atom. The van der Waals surface area contributed by atoms with Gasteiger partial charge in [-0.15, -0.1) is 11.8 Å². The van der Waals surface area contributed by atoms with Crippen molar-refractivity contribution in [1.82, 2.24) is 0 Å². The maximum Gasteiger partial charge on any atom is 0.339 e. The fourth-order valence-electron chi connectivity index (χ4n) is 1.21. The molecule has 0 unspecified atom stereocenters. The Kier molecular flexibility index (Phi) is 5.45. The number of carbonyl (C=O) groups is 1. The van der Waals surface area contributed by atoms with Crippen LogP contribution in [0.3, 0.4) is 0 Å². The molecule has 0 bridgehead atoms. The Morgan fingerprint density at radius 1 is 1.53 bits per heavy atom. The van der Waals surface area contributed by atoms with Crippen molar-refractivity contribution >= 4 is 40.3 Å². The first-order chi connectivity index (χ1) is 7.22. The number of esters is 1. The van der Waals surface area contributed by atoms with Crippen LogP contribution in [0.15, 0.2) is 23.1 Å². The minimum Gasteiger partial charge on any atom is -0.462 e. The van der Waals surface area contributed by atoms with Gasteiger partial charge in [0.05, 0.1) is 12.2 Å². The largest absolute Gasteiger partial charge is 0.462 e. The van der Waals surface area contributed by atoms with Crippen LogP contribution in [-0.2, 0) is 9.16 Å². The molecule has 0 amide bonds. The lowest BCUT2D eigenvalue weighted by atomic mass is 10.1. The van der Waals surface area contributed by atoms with Crippen LogP contribution >= 0.6 is 34.4 Å². The second-order valence-electron chi connectivity index (χ2n) is 2.89. The monoisotopic (exact) mass is 336 g/mol. The summed E-state index contributed by atoms with van der Waals surface area (Å²) in [6.07, 6.45) is 1.96. The fourth-order valence-corrected chi connectivity index (χ4v) is 2.25. The van der Waals surface area contributed by atoms with Crippen LogP contribution in [0.4, 0.5) is 0 Å². The Bertz CT molecular complexity index is 352. The van der Waals surface area contributed by atoms with Crippen LogP contribution in [0, 0.1) is 0 Å². The van der Waals surface area contributed by atoms with Gasteiger partial charge in [-0.25, -0.2) is 4.79 Å². The molecule has 0 aliphatic heterocycles. The highest BCUT2D eigenvalue weighted by Gasteiger charge is 2.12. The summed E-state index contributed by atoms with van der Waals surface area (Å²) in [6, 6.07) is 5.93. The second kappa shape index (κ2) is 6.37. The quantitative estimate of drug-likeness (QED) is 0.364. The summed E-state index contributed by atoms with van der Waals surface area (Å²) in [6.45, 7) is 2.24. The fraction of sp³-hybridized carbons (Fsp3) is 0.364. The highest BCUT2D eigenvalue weighted by Crippen LogP contribution is 2.23.